The number of methoxy groups -OCH3 is 1. The summed E-state index contributed by atoms with van der Waals surface area (Å²) in [5.74, 6) is -4.59. The van der Waals surface area contributed by atoms with Gasteiger partial charge in [-0.2, -0.15) is 0 Å². The Morgan fingerprint density at radius 1 is 0.918 bits per heavy atom. The minimum Gasteiger partial charge on any atom is -0.459 e. The number of carbonyl (C=O) groups excluding carboxylic acids is 1. The number of benzene rings is 1. The number of carbonyl (C=O) groups is 1. The highest BCUT2D eigenvalue weighted by atomic mass is 32.2. The minimum absolute atomic E-state index is 0.0235. The topological polar surface area (TPSA) is 223 Å². The maximum atomic E-state index is 14.4. The number of aliphatic hydroxyl groups is 5. The van der Waals surface area contributed by atoms with Crippen molar-refractivity contribution in [1.29, 1.82) is 0 Å². The quantitative estimate of drug-likeness (QED) is 0.186. The summed E-state index contributed by atoms with van der Waals surface area (Å²) < 4.78 is 68.9. The van der Waals surface area contributed by atoms with E-state index in [1.165, 1.54) is 27.0 Å². The Kier molecular flexibility index (Phi) is 17.1. The fourth-order valence-corrected chi connectivity index (χ4v) is 11.6. The molecule has 1 aromatic rings. The zero-order chi connectivity index (χ0) is 46.2. The number of nitrogens with zero attached hydrogens (tertiary/aromatic N) is 1. The van der Waals surface area contributed by atoms with Crippen LogP contribution < -0.4 is 4.72 Å². The number of aryl methyl sites for hydroxylation is 1. The van der Waals surface area contributed by atoms with Gasteiger partial charge in [-0.05, 0) is 99.4 Å². The average molecular weight is 889 g/mol. The van der Waals surface area contributed by atoms with Crippen molar-refractivity contribution in [1.82, 2.24) is 9.62 Å². The number of cyclic esters (lactones) is 1. The van der Waals surface area contributed by atoms with Gasteiger partial charge in [-0.15, -0.1) is 0 Å². The van der Waals surface area contributed by atoms with Gasteiger partial charge in [0.15, 0.2) is 12.6 Å². The molecule has 3 fully saturated rings. The monoisotopic (exact) mass is 889 g/mol. The van der Waals surface area contributed by atoms with Gasteiger partial charge in [0.1, 0.15) is 23.9 Å². The maximum Gasteiger partial charge on any atom is 0.311 e. The molecule has 19 atom stereocenters. The SMILES string of the molecule is CC[C@H]1OC(=O)[C@H](C)[C@@H](O[C@H]2C[C@@](C)(OC)[C@@H](O)[C@H](C)O2)[C@H](C)[C@@H](O[C@H]2O[C@@H](C)C[C@@H](N(C)C)[C@@H]2O)[C@](C)(O)C[C@@H](C)[C@H](NS(=O)(=O)c2ccccc2C)[C@H](C)[C@@H](O)[C@]1(C)O. The molecule has 3 saturated heterocycles. The zero-order valence-corrected chi connectivity index (χ0v) is 39.5. The van der Waals surface area contributed by atoms with Crippen molar-refractivity contribution in [3.63, 3.8) is 0 Å². The zero-order valence-electron chi connectivity index (χ0n) is 38.6. The number of rotatable bonds is 10. The predicted molar refractivity (Wildman–Crippen MR) is 227 cm³/mol. The molecular formula is C44H76N2O14S. The second kappa shape index (κ2) is 20.1. The first-order chi connectivity index (χ1) is 28.1. The summed E-state index contributed by atoms with van der Waals surface area (Å²) in [7, 11) is 0.906. The number of ether oxygens (including phenoxy) is 6. The van der Waals surface area contributed by atoms with Crippen molar-refractivity contribution in [2.45, 2.75) is 197 Å². The molecule has 3 heterocycles. The van der Waals surface area contributed by atoms with Crippen molar-refractivity contribution in [3.05, 3.63) is 29.8 Å². The summed E-state index contributed by atoms with van der Waals surface area (Å²) in [5.41, 5.74) is -4.56. The van der Waals surface area contributed by atoms with E-state index in [1.807, 2.05) is 25.9 Å². The molecule has 16 nitrogen and oxygen atoms in total. The Hall–Kier alpha value is -1.84. The summed E-state index contributed by atoms with van der Waals surface area (Å²) in [4.78, 5) is 16.3. The van der Waals surface area contributed by atoms with Crippen molar-refractivity contribution in [2.75, 3.05) is 21.2 Å². The number of aliphatic hydroxyl groups excluding tert-OH is 3. The van der Waals surface area contributed by atoms with Crippen LogP contribution in [0.1, 0.15) is 100 Å². The summed E-state index contributed by atoms with van der Waals surface area (Å²) in [6, 6.07) is 4.99. The van der Waals surface area contributed by atoms with E-state index < -0.39 is 118 Å². The lowest BCUT2D eigenvalue weighted by Crippen LogP contribution is -2.62. The molecule has 61 heavy (non-hydrogen) atoms. The van der Waals surface area contributed by atoms with Gasteiger partial charge in [-0.3, -0.25) is 4.79 Å². The van der Waals surface area contributed by atoms with Gasteiger partial charge in [0.25, 0.3) is 0 Å². The second-order valence-corrected chi connectivity index (χ2v) is 20.8. The molecule has 0 aliphatic carbocycles. The van der Waals surface area contributed by atoms with E-state index in [0.717, 1.165) is 0 Å². The molecule has 1 aromatic carbocycles. The van der Waals surface area contributed by atoms with E-state index in [9.17, 15) is 38.7 Å². The average Bonchev–Trinajstić information content (AvgIpc) is 3.18. The van der Waals surface area contributed by atoms with Crippen molar-refractivity contribution in [3.8, 4) is 0 Å². The molecular weight excluding hydrogens is 813 g/mol. The van der Waals surface area contributed by atoms with Crippen molar-refractivity contribution >= 4 is 16.0 Å². The molecule has 0 saturated carbocycles. The second-order valence-electron chi connectivity index (χ2n) is 19.1. The van der Waals surface area contributed by atoms with Crippen LogP contribution in [-0.2, 0) is 43.2 Å². The Balaban J connectivity index is 1.91. The largest absolute Gasteiger partial charge is 0.459 e. The number of esters is 1. The van der Waals surface area contributed by atoms with Gasteiger partial charge in [-0.25, -0.2) is 13.1 Å². The number of sulfonamides is 1. The first-order valence-corrected chi connectivity index (χ1v) is 23.2. The van der Waals surface area contributed by atoms with Crippen LogP contribution in [0.4, 0.5) is 0 Å². The first-order valence-electron chi connectivity index (χ1n) is 21.7. The molecule has 0 aromatic heterocycles. The fourth-order valence-electron chi connectivity index (χ4n) is 9.93. The number of hydrogen-bond donors (Lipinski definition) is 6. The van der Waals surface area contributed by atoms with Crippen LogP contribution in [0.5, 0.6) is 0 Å². The van der Waals surface area contributed by atoms with Crippen LogP contribution in [-0.4, -0.2) is 156 Å². The van der Waals surface area contributed by atoms with Gasteiger partial charge in [-0.1, -0.05) is 45.9 Å². The molecule has 4 rings (SSSR count). The lowest BCUT2D eigenvalue weighted by molar-refractivity contribution is -0.318. The van der Waals surface area contributed by atoms with Crippen LogP contribution in [0.3, 0.4) is 0 Å². The molecule has 3 aliphatic heterocycles. The Bertz CT molecular complexity index is 1710. The molecule has 352 valence electrons. The highest BCUT2D eigenvalue weighted by Crippen LogP contribution is 2.41. The fraction of sp³-hybridized carbons (Fsp3) is 0.841. The summed E-state index contributed by atoms with van der Waals surface area (Å²) in [6.07, 6.45) is -10.4. The van der Waals surface area contributed by atoms with Crippen LogP contribution in [0.25, 0.3) is 0 Å². The lowest BCUT2D eigenvalue weighted by atomic mass is 9.72. The molecule has 6 N–H and O–H groups in total. The molecule has 17 heteroatoms. The van der Waals surface area contributed by atoms with E-state index in [0.29, 0.717) is 12.0 Å². The van der Waals surface area contributed by atoms with E-state index in [1.54, 1.807) is 73.6 Å². The van der Waals surface area contributed by atoms with Gasteiger partial charge in [0, 0.05) is 37.5 Å². The maximum absolute atomic E-state index is 14.4. The number of likely N-dealkylation sites (N-methyl/N-ethyl adjacent to an activating group) is 1. The van der Waals surface area contributed by atoms with E-state index >= 15 is 0 Å². The number of hydrogen-bond acceptors (Lipinski definition) is 15. The summed E-state index contributed by atoms with van der Waals surface area (Å²) in [6.45, 7) is 18.2. The Morgan fingerprint density at radius 3 is 2.11 bits per heavy atom. The first kappa shape index (κ1) is 51.8. The normalized spacial score (nSPS) is 45.0. The van der Waals surface area contributed by atoms with Crippen LogP contribution >= 0.6 is 0 Å². The van der Waals surface area contributed by atoms with Gasteiger partial charge < -0.3 is 58.9 Å². The highest BCUT2D eigenvalue weighted by molar-refractivity contribution is 7.89. The van der Waals surface area contributed by atoms with E-state index in [4.69, 9.17) is 28.4 Å². The molecule has 0 spiro atoms. The smallest absolute Gasteiger partial charge is 0.311 e. The molecule has 0 radical (unpaired) electrons. The minimum atomic E-state index is -4.25. The van der Waals surface area contributed by atoms with E-state index in [-0.39, 0.29) is 36.3 Å². The lowest BCUT2D eigenvalue weighted by Gasteiger charge is -2.49. The van der Waals surface area contributed by atoms with Crippen molar-refractivity contribution < 1.29 is 67.2 Å². The molecule has 0 amide bonds. The number of nitrogens with one attached hydrogen (secondary N) is 1. The molecule has 0 bridgehead atoms. The van der Waals surface area contributed by atoms with Crippen LogP contribution in [0, 0.1) is 30.6 Å². The van der Waals surface area contributed by atoms with Gasteiger partial charge in [0.2, 0.25) is 10.0 Å². The Morgan fingerprint density at radius 2 is 1.54 bits per heavy atom. The van der Waals surface area contributed by atoms with Gasteiger partial charge in [0.05, 0.1) is 52.5 Å². The standard InChI is InChI=1S/C44H76N2O14S/c1-15-32-44(11,52)37(48)26(5)34(45-61(53,54)31-19-17-16-18-23(31)2)24(3)21-42(9,51)39(60-41-35(47)30(46(12)13)20-25(4)56-41)27(6)36(28(7)40(50)58-32)59-33-22-43(10,55-14)38(49)29(8)57-33/h16-19,24-30,32-39,41,45,47-49,51-52H,15,20-22H2,1-14H3/t24-,25+,26+,27+,28-,29+,30-,32-,33+,34+,35+,36+,37-,38+,39-,41-,42-,43-,44-/m1/s1. The van der Waals surface area contributed by atoms with Crippen LogP contribution in [0.15, 0.2) is 29.2 Å². The third-order valence-electron chi connectivity index (χ3n) is 13.8. The summed E-state index contributed by atoms with van der Waals surface area (Å²) >= 11 is 0. The molecule has 3 aliphatic rings. The Labute approximate surface area is 363 Å². The van der Waals surface area contributed by atoms with Gasteiger partial charge >= 0.3 is 5.97 Å². The third-order valence-corrected chi connectivity index (χ3v) is 15.4. The summed E-state index contributed by atoms with van der Waals surface area (Å²) in [5, 5.41) is 59.8. The van der Waals surface area contributed by atoms with Crippen LogP contribution in [0.2, 0.25) is 0 Å². The van der Waals surface area contributed by atoms with E-state index in [2.05, 4.69) is 4.72 Å². The molecule has 0 unspecified atom stereocenters. The predicted octanol–water partition coefficient (Wildman–Crippen LogP) is 2.87. The third kappa shape index (κ3) is 11.3. The van der Waals surface area contributed by atoms with Crippen molar-refractivity contribution in [2.24, 2.45) is 23.7 Å². The highest BCUT2D eigenvalue weighted by Gasteiger charge is 2.54.